The van der Waals surface area contributed by atoms with Crippen LogP contribution in [0.15, 0.2) is 42.7 Å². The first-order valence-corrected chi connectivity index (χ1v) is 5.88. The maximum atomic E-state index is 11.1. The molecule has 1 heterocycles. The van der Waals surface area contributed by atoms with Gasteiger partial charge >= 0.3 is 5.97 Å². The van der Waals surface area contributed by atoms with Gasteiger partial charge in [-0.2, -0.15) is 0 Å². The van der Waals surface area contributed by atoms with Gasteiger partial charge in [0.25, 0.3) is 0 Å². The molecule has 0 aliphatic rings. The van der Waals surface area contributed by atoms with E-state index in [2.05, 4.69) is 30.1 Å². The Bertz CT molecular complexity index is 564. The van der Waals surface area contributed by atoms with Crippen molar-refractivity contribution in [1.29, 1.82) is 0 Å². The summed E-state index contributed by atoms with van der Waals surface area (Å²) in [6.07, 6.45) is 4.67. The highest BCUT2D eigenvalue weighted by atomic mass is 16.4. The summed E-state index contributed by atoms with van der Waals surface area (Å²) >= 11 is 0. The van der Waals surface area contributed by atoms with Crippen LogP contribution in [-0.4, -0.2) is 16.1 Å². The van der Waals surface area contributed by atoms with Crippen molar-refractivity contribution in [2.45, 2.75) is 19.8 Å². The molecule has 0 unspecified atom stereocenters. The van der Waals surface area contributed by atoms with E-state index < -0.39 is 5.97 Å². The second-order valence-corrected chi connectivity index (χ2v) is 4.33. The van der Waals surface area contributed by atoms with E-state index in [4.69, 9.17) is 5.11 Å². The molecule has 3 heteroatoms. The number of pyridine rings is 1. The number of benzene rings is 1. The Morgan fingerprint density at radius 1 is 1.28 bits per heavy atom. The van der Waals surface area contributed by atoms with Crippen LogP contribution in [-0.2, 0) is 12.8 Å². The van der Waals surface area contributed by atoms with Crippen molar-refractivity contribution in [3.05, 3.63) is 65.0 Å². The lowest BCUT2D eigenvalue weighted by molar-refractivity contribution is 0.0695. The fourth-order valence-electron chi connectivity index (χ4n) is 1.98. The molecule has 0 bridgehead atoms. The van der Waals surface area contributed by atoms with Gasteiger partial charge in [-0.25, -0.2) is 4.79 Å². The average molecular weight is 241 g/mol. The Kier molecular flexibility index (Phi) is 3.72. The lowest BCUT2D eigenvalue weighted by Gasteiger charge is -2.06. The molecule has 0 saturated heterocycles. The van der Waals surface area contributed by atoms with E-state index in [1.165, 1.54) is 17.3 Å². The number of nitrogens with zero attached hydrogens (tertiary/aromatic N) is 1. The zero-order valence-corrected chi connectivity index (χ0v) is 10.3. The minimum Gasteiger partial charge on any atom is -0.478 e. The predicted molar refractivity (Wildman–Crippen MR) is 69.8 cm³/mol. The third kappa shape index (κ3) is 2.94. The molecule has 3 nitrogen and oxygen atoms in total. The largest absolute Gasteiger partial charge is 0.478 e. The summed E-state index contributed by atoms with van der Waals surface area (Å²) in [4.78, 5) is 15.1. The first kappa shape index (κ1) is 12.3. The normalized spacial score (nSPS) is 10.3. The summed E-state index contributed by atoms with van der Waals surface area (Å²) in [5.74, 6) is -0.892. The van der Waals surface area contributed by atoms with Gasteiger partial charge in [-0.15, -0.1) is 0 Å². The van der Waals surface area contributed by atoms with Crippen LogP contribution < -0.4 is 0 Å². The molecule has 92 valence electrons. The molecular formula is C15H15NO2. The summed E-state index contributed by atoms with van der Waals surface area (Å²) in [6.45, 7) is 2.05. The van der Waals surface area contributed by atoms with Crippen molar-refractivity contribution < 1.29 is 9.90 Å². The highest BCUT2D eigenvalue weighted by Crippen LogP contribution is 2.12. The monoisotopic (exact) mass is 241 g/mol. The Balaban J connectivity index is 2.13. The van der Waals surface area contributed by atoms with Gasteiger partial charge in [-0.3, -0.25) is 4.98 Å². The number of aryl methyl sites for hydroxylation is 3. The molecule has 1 aromatic heterocycles. The lowest BCUT2D eigenvalue weighted by Crippen LogP contribution is -2.04. The number of rotatable bonds is 4. The number of hydrogen-bond acceptors (Lipinski definition) is 2. The van der Waals surface area contributed by atoms with Gasteiger partial charge in [-0.1, -0.05) is 29.8 Å². The first-order valence-electron chi connectivity index (χ1n) is 5.88. The number of aromatic nitrogens is 1. The Morgan fingerprint density at radius 3 is 2.83 bits per heavy atom. The van der Waals surface area contributed by atoms with Gasteiger partial charge in [0.1, 0.15) is 0 Å². The summed E-state index contributed by atoms with van der Waals surface area (Å²) < 4.78 is 0. The van der Waals surface area contributed by atoms with E-state index in [9.17, 15) is 4.79 Å². The Morgan fingerprint density at radius 2 is 2.11 bits per heavy atom. The number of carbonyl (C=O) groups is 1. The topological polar surface area (TPSA) is 50.2 Å². The molecule has 1 N–H and O–H groups in total. The van der Waals surface area contributed by atoms with Crippen LogP contribution in [0, 0.1) is 6.92 Å². The van der Waals surface area contributed by atoms with Crippen LogP contribution in [0.4, 0.5) is 0 Å². The quantitative estimate of drug-likeness (QED) is 0.895. The molecule has 0 saturated carbocycles. The molecule has 0 spiro atoms. The standard InChI is InChI=1S/C15H15NO2/c1-11-3-2-4-12(9-11)5-6-13-10-16-8-7-14(13)15(17)18/h2-4,7-10H,5-6H2,1H3,(H,17,18). The van der Waals surface area contributed by atoms with Crippen molar-refractivity contribution in [3.63, 3.8) is 0 Å². The highest BCUT2D eigenvalue weighted by Gasteiger charge is 2.09. The molecule has 0 atom stereocenters. The van der Waals surface area contributed by atoms with E-state index in [-0.39, 0.29) is 0 Å². The molecule has 0 amide bonds. The van der Waals surface area contributed by atoms with Gasteiger partial charge in [0.2, 0.25) is 0 Å². The smallest absolute Gasteiger partial charge is 0.336 e. The van der Waals surface area contributed by atoms with Gasteiger partial charge in [0.05, 0.1) is 5.56 Å². The number of carboxylic acid groups (broad SMARTS) is 1. The zero-order chi connectivity index (χ0) is 13.0. The SMILES string of the molecule is Cc1cccc(CCc2cnccc2C(=O)O)c1. The lowest BCUT2D eigenvalue weighted by atomic mass is 10.0. The minimum absolute atomic E-state index is 0.345. The number of aromatic carboxylic acids is 1. The van der Waals surface area contributed by atoms with Crippen LogP contribution in [0.3, 0.4) is 0 Å². The van der Waals surface area contributed by atoms with E-state index in [1.54, 1.807) is 12.3 Å². The van der Waals surface area contributed by atoms with Crippen molar-refractivity contribution in [1.82, 2.24) is 4.98 Å². The summed E-state index contributed by atoms with van der Waals surface area (Å²) in [7, 11) is 0. The fraction of sp³-hybridized carbons (Fsp3) is 0.200. The molecule has 2 rings (SSSR count). The van der Waals surface area contributed by atoms with Gasteiger partial charge < -0.3 is 5.11 Å². The molecule has 0 aliphatic heterocycles. The van der Waals surface area contributed by atoms with E-state index in [0.717, 1.165) is 12.0 Å². The van der Waals surface area contributed by atoms with Crippen LogP contribution >= 0.6 is 0 Å². The van der Waals surface area contributed by atoms with Crippen molar-refractivity contribution in [2.75, 3.05) is 0 Å². The Labute approximate surface area is 106 Å². The number of carboxylic acids is 1. The van der Waals surface area contributed by atoms with E-state index in [0.29, 0.717) is 12.0 Å². The Hall–Kier alpha value is -2.16. The molecule has 2 aromatic rings. The molecular weight excluding hydrogens is 226 g/mol. The molecule has 0 radical (unpaired) electrons. The fourth-order valence-corrected chi connectivity index (χ4v) is 1.98. The third-order valence-electron chi connectivity index (χ3n) is 2.90. The number of hydrogen-bond donors (Lipinski definition) is 1. The van der Waals surface area contributed by atoms with Crippen LogP contribution in [0.2, 0.25) is 0 Å². The van der Waals surface area contributed by atoms with Crippen molar-refractivity contribution >= 4 is 5.97 Å². The van der Waals surface area contributed by atoms with Crippen LogP contribution in [0.25, 0.3) is 0 Å². The summed E-state index contributed by atoms with van der Waals surface area (Å²) in [5.41, 5.74) is 3.57. The zero-order valence-electron chi connectivity index (χ0n) is 10.3. The van der Waals surface area contributed by atoms with Crippen molar-refractivity contribution in [2.24, 2.45) is 0 Å². The van der Waals surface area contributed by atoms with Crippen molar-refractivity contribution in [3.8, 4) is 0 Å². The average Bonchev–Trinajstić information content (AvgIpc) is 2.37. The first-order chi connectivity index (χ1) is 8.66. The van der Waals surface area contributed by atoms with Crippen LogP contribution in [0.1, 0.15) is 27.0 Å². The van der Waals surface area contributed by atoms with Gasteiger partial charge in [0.15, 0.2) is 0 Å². The second-order valence-electron chi connectivity index (χ2n) is 4.33. The highest BCUT2D eigenvalue weighted by molar-refractivity contribution is 5.89. The van der Waals surface area contributed by atoms with E-state index >= 15 is 0 Å². The predicted octanol–water partition coefficient (Wildman–Crippen LogP) is 2.87. The van der Waals surface area contributed by atoms with Gasteiger partial charge in [-0.05, 0) is 37.0 Å². The third-order valence-corrected chi connectivity index (χ3v) is 2.90. The molecule has 0 aliphatic carbocycles. The summed E-state index contributed by atoms with van der Waals surface area (Å²) in [6, 6.07) is 9.80. The van der Waals surface area contributed by atoms with E-state index in [1.807, 2.05) is 6.07 Å². The maximum absolute atomic E-state index is 11.1. The van der Waals surface area contributed by atoms with Gasteiger partial charge in [0, 0.05) is 12.4 Å². The molecule has 18 heavy (non-hydrogen) atoms. The molecule has 0 fully saturated rings. The molecule has 1 aromatic carbocycles. The second kappa shape index (κ2) is 5.45. The maximum Gasteiger partial charge on any atom is 0.336 e. The summed E-state index contributed by atoms with van der Waals surface area (Å²) in [5, 5.41) is 9.08. The van der Waals surface area contributed by atoms with Crippen LogP contribution in [0.5, 0.6) is 0 Å². The minimum atomic E-state index is -0.892.